The van der Waals surface area contributed by atoms with Gasteiger partial charge < -0.3 is 14.8 Å². The molecule has 0 aromatic heterocycles. The molecule has 1 aliphatic rings. The normalized spacial score (nSPS) is 14.3. The molecule has 1 aliphatic heterocycles. The van der Waals surface area contributed by atoms with Crippen LogP contribution in [-0.4, -0.2) is 6.79 Å². The topological polar surface area (TPSA) is 30.5 Å². The SMILES string of the molecule is Cc1cccc([C@@H](C)NCc2ccc3c(c2)OCO3)c1. The molecular weight excluding hydrogens is 250 g/mol. The zero-order valence-electron chi connectivity index (χ0n) is 11.8. The van der Waals surface area contributed by atoms with E-state index in [-0.39, 0.29) is 0 Å². The van der Waals surface area contributed by atoms with Gasteiger partial charge in [-0.15, -0.1) is 0 Å². The fourth-order valence-electron chi connectivity index (χ4n) is 2.38. The summed E-state index contributed by atoms with van der Waals surface area (Å²) in [6.45, 7) is 5.44. The Morgan fingerprint density at radius 3 is 2.80 bits per heavy atom. The van der Waals surface area contributed by atoms with E-state index in [1.807, 2.05) is 12.1 Å². The number of hydrogen-bond acceptors (Lipinski definition) is 3. The van der Waals surface area contributed by atoms with Crippen molar-refractivity contribution >= 4 is 0 Å². The molecule has 3 rings (SSSR count). The van der Waals surface area contributed by atoms with Crippen LogP contribution in [-0.2, 0) is 6.54 Å². The summed E-state index contributed by atoms with van der Waals surface area (Å²) in [6, 6.07) is 15.0. The van der Waals surface area contributed by atoms with Crippen molar-refractivity contribution in [3.05, 3.63) is 59.2 Å². The molecule has 0 saturated carbocycles. The highest BCUT2D eigenvalue weighted by atomic mass is 16.7. The van der Waals surface area contributed by atoms with Crippen LogP contribution in [0.25, 0.3) is 0 Å². The van der Waals surface area contributed by atoms with E-state index in [0.29, 0.717) is 12.8 Å². The Morgan fingerprint density at radius 2 is 1.95 bits per heavy atom. The van der Waals surface area contributed by atoms with Crippen LogP contribution in [0, 0.1) is 6.92 Å². The summed E-state index contributed by atoms with van der Waals surface area (Å²) < 4.78 is 10.7. The summed E-state index contributed by atoms with van der Waals surface area (Å²) >= 11 is 0. The predicted molar refractivity (Wildman–Crippen MR) is 79.0 cm³/mol. The van der Waals surface area contributed by atoms with Crippen LogP contribution in [0.2, 0.25) is 0 Å². The largest absolute Gasteiger partial charge is 0.454 e. The van der Waals surface area contributed by atoms with Gasteiger partial charge in [0.1, 0.15) is 0 Å². The molecule has 0 amide bonds. The highest BCUT2D eigenvalue weighted by molar-refractivity contribution is 5.44. The van der Waals surface area contributed by atoms with Gasteiger partial charge in [0.15, 0.2) is 11.5 Å². The Bertz CT molecular complexity index is 610. The van der Waals surface area contributed by atoms with E-state index in [9.17, 15) is 0 Å². The number of aryl methyl sites for hydroxylation is 1. The number of ether oxygens (including phenoxy) is 2. The molecule has 2 aromatic rings. The Labute approximate surface area is 119 Å². The van der Waals surface area contributed by atoms with Crippen LogP contribution in [0.4, 0.5) is 0 Å². The standard InChI is InChI=1S/C17H19NO2/c1-12-4-3-5-15(8-12)13(2)18-10-14-6-7-16-17(9-14)20-11-19-16/h3-9,13,18H,10-11H2,1-2H3/t13-/m1/s1. The zero-order valence-corrected chi connectivity index (χ0v) is 11.8. The minimum atomic E-state index is 0.320. The van der Waals surface area contributed by atoms with E-state index in [1.165, 1.54) is 16.7 Å². The second-order valence-electron chi connectivity index (χ2n) is 5.20. The molecule has 0 aliphatic carbocycles. The van der Waals surface area contributed by atoms with Gasteiger partial charge >= 0.3 is 0 Å². The quantitative estimate of drug-likeness (QED) is 0.920. The molecule has 3 heteroatoms. The monoisotopic (exact) mass is 269 g/mol. The van der Waals surface area contributed by atoms with E-state index in [0.717, 1.165) is 18.0 Å². The van der Waals surface area contributed by atoms with Crippen LogP contribution in [0.3, 0.4) is 0 Å². The minimum absolute atomic E-state index is 0.320. The van der Waals surface area contributed by atoms with Gasteiger partial charge in [-0.25, -0.2) is 0 Å². The van der Waals surface area contributed by atoms with Crippen molar-refractivity contribution in [2.45, 2.75) is 26.4 Å². The second-order valence-corrected chi connectivity index (χ2v) is 5.20. The van der Waals surface area contributed by atoms with Crippen molar-refractivity contribution in [1.82, 2.24) is 5.32 Å². The summed E-state index contributed by atoms with van der Waals surface area (Å²) in [6.07, 6.45) is 0. The predicted octanol–water partition coefficient (Wildman–Crippen LogP) is 3.57. The van der Waals surface area contributed by atoms with Gasteiger partial charge in [0.2, 0.25) is 6.79 Å². The second kappa shape index (κ2) is 5.55. The van der Waals surface area contributed by atoms with Gasteiger partial charge in [-0.05, 0) is 37.1 Å². The molecule has 1 N–H and O–H groups in total. The van der Waals surface area contributed by atoms with Gasteiger partial charge in [0.05, 0.1) is 0 Å². The number of hydrogen-bond donors (Lipinski definition) is 1. The highest BCUT2D eigenvalue weighted by Crippen LogP contribution is 2.32. The molecule has 1 heterocycles. The molecule has 0 spiro atoms. The van der Waals surface area contributed by atoms with Crippen LogP contribution in [0.5, 0.6) is 11.5 Å². The smallest absolute Gasteiger partial charge is 0.231 e. The lowest BCUT2D eigenvalue weighted by Crippen LogP contribution is -2.18. The maximum Gasteiger partial charge on any atom is 0.231 e. The van der Waals surface area contributed by atoms with Crippen molar-refractivity contribution < 1.29 is 9.47 Å². The summed E-state index contributed by atoms with van der Waals surface area (Å²) in [5.74, 6) is 1.67. The van der Waals surface area contributed by atoms with Crippen molar-refractivity contribution in [3.8, 4) is 11.5 Å². The first-order chi connectivity index (χ1) is 9.72. The molecule has 0 radical (unpaired) electrons. The summed E-state index contributed by atoms with van der Waals surface area (Å²) in [7, 11) is 0. The molecular formula is C17H19NO2. The van der Waals surface area contributed by atoms with Crippen LogP contribution in [0.15, 0.2) is 42.5 Å². The van der Waals surface area contributed by atoms with Crippen LogP contribution >= 0.6 is 0 Å². The Balaban J connectivity index is 1.64. The third-order valence-electron chi connectivity index (χ3n) is 3.59. The van der Waals surface area contributed by atoms with Crippen LogP contribution < -0.4 is 14.8 Å². The molecule has 2 aromatic carbocycles. The van der Waals surface area contributed by atoms with Crippen LogP contribution in [0.1, 0.15) is 29.7 Å². The van der Waals surface area contributed by atoms with E-state index < -0.39 is 0 Å². The van der Waals surface area contributed by atoms with E-state index in [1.54, 1.807) is 0 Å². The van der Waals surface area contributed by atoms with Crippen molar-refractivity contribution in [1.29, 1.82) is 0 Å². The molecule has 0 fully saturated rings. The average Bonchev–Trinajstić information content (AvgIpc) is 2.92. The fraction of sp³-hybridized carbons (Fsp3) is 0.294. The average molecular weight is 269 g/mol. The maximum atomic E-state index is 5.40. The van der Waals surface area contributed by atoms with Crippen molar-refractivity contribution in [2.75, 3.05) is 6.79 Å². The molecule has 20 heavy (non-hydrogen) atoms. The third-order valence-corrected chi connectivity index (χ3v) is 3.59. The molecule has 0 bridgehead atoms. The Morgan fingerprint density at radius 1 is 1.10 bits per heavy atom. The minimum Gasteiger partial charge on any atom is -0.454 e. The number of fused-ring (bicyclic) bond motifs is 1. The molecule has 0 unspecified atom stereocenters. The summed E-state index contributed by atoms with van der Waals surface area (Å²) in [4.78, 5) is 0. The summed E-state index contributed by atoms with van der Waals surface area (Å²) in [5.41, 5.74) is 3.80. The van der Waals surface area contributed by atoms with Gasteiger partial charge in [-0.2, -0.15) is 0 Å². The molecule has 0 saturated heterocycles. The number of benzene rings is 2. The molecule has 3 nitrogen and oxygen atoms in total. The van der Waals surface area contributed by atoms with Crippen molar-refractivity contribution in [2.24, 2.45) is 0 Å². The van der Waals surface area contributed by atoms with Gasteiger partial charge in [0, 0.05) is 12.6 Å². The highest BCUT2D eigenvalue weighted by Gasteiger charge is 2.13. The Hall–Kier alpha value is -2.00. The van der Waals surface area contributed by atoms with Crippen molar-refractivity contribution in [3.63, 3.8) is 0 Å². The number of nitrogens with one attached hydrogen (secondary N) is 1. The zero-order chi connectivity index (χ0) is 13.9. The maximum absolute atomic E-state index is 5.40. The first-order valence-corrected chi connectivity index (χ1v) is 6.91. The lowest BCUT2D eigenvalue weighted by molar-refractivity contribution is 0.174. The molecule has 1 atom stereocenters. The lowest BCUT2D eigenvalue weighted by atomic mass is 10.1. The van der Waals surface area contributed by atoms with Gasteiger partial charge in [0.25, 0.3) is 0 Å². The summed E-state index contributed by atoms with van der Waals surface area (Å²) in [5, 5.41) is 3.54. The lowest BCUT2D eigenvalue weighted by Gasteiger charge is -2.15. The van der Waals surface area contributed by atoms with E-state index >= 15 is 0 Å². The van der Waals surface area contributed by atoms with E-state index in [2.05, 4.69) is 49.5 Å². The molecule has 104 valence electrons. The fourth-order valence-corrected chi connectivity index (χ4v) is 2.38. The third kappa shape index (κ3) is 2.78. The van der Waals surface area contributed by atoms with Gasteiger partial charge in [-0.1, -0.05) is 35.9 Å². The van der Waals surface area contributed by atoms with E-state index in [4.69, 9.17) is 9.47 Å². The first-order valence-electron chi connectivity index (χ1n) is 6.91. The van der Waals surface area contributed by atoms with Gasteiger partial charge in [-0.3, -0.25) is 0 Å². The first kappa shape index (κ1) is 13.0. The number of rotatable bonds is 4. The Kier molecular flexibility index (Phi) is 3.61.